The maximum atomic E-state index is 12.6. The topological polar surface area (TPSA) is 49.9 Å². The van der Waals surface area contributed by atoms with Crippen LogP contribution in [0.3, 0.4) is 0 Å². The predicted octanol–water partition coefficient (Wildman–Crippen LogP) is 2.76. The number of nitrogens with zero attached hydrogens (tertiary/aromatic N) is 2. The van der Waals surface area contributed by atoms with Crippen molar-refractivity contribution in [1.29, 1.82) is 0 Å². The number of anilines is 1. The zero-order valence-electron chi connectivity index (χ0n) is 12.8. The zero-order valence-corrected chi connectivity index (χ0v) is 12.8. The molecule has 0 bridgehead atoms. The molecule has 1 aromatic carbocycles. The molecular formula is C16H22N2O3. The summed E-state index contributed by atoms with van der Waals surface area (Å²) in [5.41, 5.74) is 0.980. The van der Waals surface area contributed by atoms with Crippen LogP contribution in [0, 0.1) is 5.92 Å². The molecule has 5 heteroatoms. The van der Waals surface area contributed by atoms with Gasteiger partial charge in [-0.15, -0.1) is 0 Å². The van der Waals surface area contributed by atoms with Gasteiger partial charge in [-0.25, -0.2) is 9.59 Å². The molecule has 1 atom stereocenters. The summed E-state index contributed by atoms with van der Waals surface area (Å²) in [7, 11) is 3.04. The summed E-state index contributed by atoms with van der Waals surface area (Å²) >= 11 is 0. The second-order valence-corrected chi connectivity index (χ2v) is 5.54. The third-order valence-corrected chi connectivity index (χ3v) is 3.89. The van der Waals surface area contributed by atoms with Gasteiger partial charge >= 0.3 is 12.0 Å². The van der Waals surface area contributed by atoms with Gasteiger partial charge in [0.1, 0.15) is 0 Å². The molecule has 1 fully saturated rings. The number of piperidine rings is 1. The fraction of sp³-hybridized carbons (Fsp3) is 0.500. The average Bonchev–Trinajstić information content (AvgIpc) is 2.52. The van der Waals surface area contributed by atoms with Gasteiger partial charge < -0.3 is 9.64 Å². The van der Waals surface area contributed by atoms with Gasteiger partial charge in [0, 0.05) is 20.1 Å². The van der Waals surface area contributed by atoms with E-state index >= 15 is 0 Å². The molecule has 0 spiro atoms. The number of hydrogen-bond acceptors (Lipinski definition) is 3. The van der Waals surface area contributed by atoms with Crippen molar-refractivity contribution >= 4 is 17.7 Å². The Bertz CT molecular complexity index is 530. The molecule has 0 radical (unpaired) electrons. The Morgan fingerprint density at radius 1 is 1.33 bits per heavy atom. The number of carbonyl (C=O) groups excluding carboxylic acids is 2. The van der Waals surface area contributed by atoms with Crippen LogP contribution in [0.25, 0.3) is 0 Å². The lowest BCUT2D eigenvalue weighted by molar-refractivity contribution is 0.0601. The van der Waals surface area contributed by atoms with E-state index in [0.29, 0.717) is 17.2 Å². The molecule has 1 saturated heterocycles. The molecule has 0 saturated carbocycles. The highest BCUT2D eigenvalue weighted by atomic mass is 16.5. The van der Waals surface area contributed by atoms with E-state index in [1.807, 2.05) is 11.0 Å². The van der Waals surface area contributed by atoms with Crippen molar-refractivity contribution in [1.82, 2.24) is 4.90 Å². The predicted molar refractivity (Wildman–Crippen MR) is 81.6 cm³/mol. The third kappa shape index (κ3) is 3.35. The first-order valence-electron chi connectivity index (χ1n) is 7.24. The molecule has 0 N–H and O–H groups in total. The normalized spacial score (nSPS) is 18.2. The minimum atomic E-state index is -0.433. The maximum Gasteiger partial charge on any atom is 0.339 e. The fourth-order valence-corrected chi connectivity index (χ4v) is 2.73. The Hall–Kier alpha value is -2.04. The minimum Gasteiger partial charge on any atom is -0.465 e. The molecule has 1 unspecified atom stereocenters. The second kappa shape index (κ2) is 6.61. The zero-order chi connectivity index (χ0) is 15.4. The van der Waals surface area contributed by atoms with Crippen molar-refractivity contribution in [2.75, 3.05) is 32.1 Å². The quantitative estimate of drug-likeness (QED) is 0.787. The number of likely N-dealkylation sites (tertiary alicyclic amines) is 1. The van der Waals surface area contributed by atoms with Gasteiger partial charge in [-0.05, 0) is 30.9 Å². The number of para-hydroxylation sites is 1. The highest BCUT2D eigenvalue weighted by Crippen LogP contribution is 2.23. The molecular weight excluding hydrogens is 268 g/mol. The average molecular weight is 290 g/mol. The molecule has 1 aromatic rings. The van der Waals surface area contributed by atoms with Crippen molar-refractivity contribution in [2.24, 2.45) is 5.92 Å². The minimum absolute atomic E-state index is 0.0714. The summed E-state index contributed by atoms with van der Waals surface area (Å²) in [6.45, 7) is 3.69. The number of hydrogen-bond donors (Lipinski definition) is 0. The fourth-order valence-electron chi connectivity index (χ4n) is 2.73. The Morgan fingerprint density at radius 2 is 2.05 bits per heavy atom. The molecule has 0 aliphatic carbocycles. The van der Waals surface area contributed by atoms with E-state index in [4.69, 9.17) is 4.74 Å². The molecule has 114 valence electrons. The summed E-state index contributed by atoms with van der Waals surface area (Å²) in [6, 6.07) is 6.93. The van der Waals surface area contributed by atoms with Gasteiger partial charge in [0.2, 0.25) is 0 Å². The van der Waals surface area contributed by atoms with Gasteiger partial charge in [-0.3, -0.25) is 4.90 Å². The SMILES string of the molecule is COC(=O)c1ccccc1N(C)C(=O)N1CCCC(C)C1. The van der Waals surface area contributed by atoms with Crippen LogP contribution in [0.4, 0.5) is 10.5 Å². The largest absolute Gasteiger partial charge is 0.465 e. The van der Waals surface area contributed by atoms with Crippen molar-refractivity contribution in [3.8, 4) is 0 Å². The first kappa shape index (κ1) is 15.4. The van der Waals surface area contributed by atoms with E-state index in [2.05, 4.69) is 6.92 Å². The molecule has 1 heterocycles. The first-order chi connectivity index (χ1) is 10.0. The molecule has 5 nitrogen and oxygen atoms in total. The molecule has 2 rings (SSSR count). The summed E-state index contributed by atoms with van der Waals surface area (Å²) in [5.74, 6) is 0.0872. The molecule has 2 amide bonds. The van der Waals surface area contributed by atoms with Gasteiger partial charge in [-0.1, -0.05) is 19.1 Å². The van der Waals surface area contributed by atoms with Crippen molar-refractivity contribution in [3.05, 3.63) is 29.8 Å². The van der Waals surface area contributed by atoms with Gasteiger partial charge in [0.25, 0.3) is 0 Å². The number of ether oxygens (including phenoxy) is 1. The summed E-state index contributed by atoms with van der Waals surface area (Å²) in [4.78, 5) is 27.8. The van der Waals surface area contributed by atoms with Crippen LogP contribution in [0.1, 0.15) is 30.1 Å². The Labute approximate surface area is 125 Å². The maximum absolute atomic E-state index is 12.6. The number of amides is 2. The number of rotatable bonds is 2. The number of carbonyl (C=O) groups is 2. The first-order valence-corrected chi connectivity index (χ1v) is 7.24. The van der Waals surface area contributed by atoms with Crippen LogP contribution in [-0.2, 0) is 4.74 Å². The lowest BCUT2D eigenvalue weighted by Crippen LogP contribution is -2.46. The summed E-state index contributed by atoms with van der Waals surface area (Å²) in [6.07, 6.45) is 2.19. The van der Waals surface area contributed by atoms with Gasteiger partial charge in [0.05, 0.1) is 18.4 Å². The van der Waals surface area contributed by atoms with Crippen LogP contribution in [-0.4, -0.2) is 44.1 Å². The Kier molecular flexibility index (Phi) is 4.83. The second-order valence-electron chi connectivity index (χ2n) is 5.54. The Balaban J connectivity index is 2.21. The van der Waals surface area contributed by atoms with Crippen molar-refractivity contribution < 1.29 is 14.3 Å². The summed E-state index contributed by atoms with van der Waals surface area (Å²) in [5, 5.41) is 0. The molecule has 0 aromatic heterocycles. The molecule has 1 aliphatic rings. The van der Waals surface area contributed by atoms with E-state index < -0.39 is 5.97 Å². The van der Waals surface area contributed by atoms with E-state index in [-0.39, 0.29) is 6.03 Å². The number of urea groups is 1. The monoisotopic (exact) mass is 290 g/mol. The Morgan fingerprint density at radius 3 is 2.71 bits per heavy atom. The van der Waals surface area contributed by atoms with Gasteiger partial charge in [-0.2, -0.15) is 0 Å². The van der Waals surface area contributed by atoms with Crippen molar-refractivity contribution in [3.63, 3.8) is 0 Å². The van der Waals surface area contributed by atoms with Crippen LogP contribution in [0.15, 0.2) is 24.3 Å². The lowest BCUT2D eigenvalue weighted by atomic mass is 10.0. The van der Waals surface area contributed by atoms with Crippen LogP contribution < -0.4 is 4.90 Å². The smallest absolute Gasteiger partial charge is 0.339 e. The van der Waals surface area contributed by atoms with Crippen LogP contribution >= 0.6 is 0 Å². The highest BCUT2D eigenvalue weighted by molar-refractivity contribution is 6.01. The van der Waals surface area contributed by atoms with E-state index in [9.17, 15) is 9.59 Å². The lowest BCUT2D eigenvalue weighted by Gasteiger charge is -2.34. The number of benzene rings is 1. The highest BCUT2D eigenvalue weighted by Gasteiger charge is 2.26. The molecule has 21 heavy (non-hydrogen) atoms. The van der Waals surface area contributed by atoms with Crippen LogP contribution in [0.2, 0.25) is 0 Å². The standard InChI is InChI=1S/C16H22N2O3/c1-12-7-6-10-18(11-12)16(20)17(2)14-9-5-4-8-13(14)15(19)21-3/h4-5,8-9,12H,6-7,10-11H2,1-3H3. The van der Waals surface area contributed by atoms with E-state index in [1.165, 1.54) is 12.0 Å². The van der Waals surface area contributed by atoms with E-state index in [1.54, 1.807) is 25.2 Å². The third-order valence-electron chi connectivity index (χ3n) is 3.89. The van der Waals surface area contributed by atoms with Gasteiger partial charge in [0.15, 0.2) is 0 Å². The van der Waals surface area contributed by atoms with E-state index in [0.717, 1.165) is 25.9 Å². The summed E-state index contributed by atoms with van der Waals surface area (Å²) < 4.78 is 4.78. The van der Waals surface area contributed by atoms with Crippen LogP contribution in [0.5, 0.6) is 0 Å². The number of methoxy groups -OCH3 is 1. The van der Waals surface area contributed by atoms with Crippen molar-refractivity contribution in [2.45, 2.75) is 19.8 Å². The number of esters is 1. The molecule has 1 aliphatic heterocycles.